The quantitative estimate of drug-likeness (QED) is 0.897. The Bertz CT molecular complexity index is 429. The Morgan fingerprint density at radius 3 is 2.63 bits per heavy atom. The van der Waals surface area contributed by atoms with Crippen molar-refractivity contribution in [1.82, 2.24) is 5.32 Å². The van der Waals surface area contributed by atoms with Crippen molar-refractivity contribution in [2.24, 2.45) is 11.8 Å². The van der Waals surface area contributed by atoms with Crippen LogP contribution >= 0.6 is 15.9 Å². The van der Waals surface area contributed by atoms with Crippen molar-refractivity contribution in [2.75, 3.05) is 0 Å². The van der Waals surface area contributed by atoms with Gasteiger partial charge in [-0.25, -0.2) is 0 Å². The van der Waals surface area contributed by atoms with Gasteiger partial charge in [-0.05, 0) is 36.0 Å². The molecule has 1 aliphatic carbocycles. The third-order valence-electron chi connectivity index (χ3n) is 4.33. The van der Waals surface area contributed by atoms with Gasteiger partial charge in [0.05, 0.1) is 6.42 Å². The summed E-state index contributed by atoms with van der Waals surface area (Å²) in [4.78, 5) is 12.1. The molecule has 3 atom stereocenters. The Morgan fingerprint density at radius 2 is 1.95 bits per heavy atom. The fraction of sp³-hybridized carbons (Fsp3) is 0.562. The van der Waals surface area contributed by atoms with Crippen LogP contribution in [-0.2, 0) is 11.2 Å². The minimum atomic E-state index is 0.147. The molecule has 0 aromatic heterocycles. The van der Waals surface area contributed by atoms with E-state index < -0.39 is 0 Å². The number of halogens is 1. The standard InChI is InChI=1S/C16H22BrNO/c1-11-4-3-5-15(12(11)2)18-16(19)10-13-6-8-14(17)9-7-13/h6-9,11-12,15H,3-5,10H2,1-2H3,(H,18,19)/t11-,12+,15+/m1/s1. The lowest BCUT2D eigenvalue weighted by Gasteiger charge is -2.34. The SMILES string of the molecule is C[C@H]1[C@H](C)CCC[C@@H]1NC(=O)Cc1ccc(Br)cc1. The van der Waals surface area contributed by atoms with Crippen LogP contribution in [0.5, 0.6) is 0 Å². The molecular formula is C16H22BrNO. The zero-order valence-corrected chi connectivity index (χ0v) is 13.2. The highest BCUT2D eigenvalue weighted by Crippen LogP contribution is 2.29. The maximum Gasteiger partial charge on any atom is 0.224 e. The molecule has 0 bridgehead atoms. The predicted molar refractivity (Wildman–Crippen MR) is 82.0 cm³/mol. The van der Waals surface area contributed by atoms with E-state index in [9.17, 15) is 4.79 Å². The third kappa shape index (κ3) is 4.07. The molecule has 0 aliphatic heterocycles. The number of carbonyl (C=O) groups is 1. The molecular weight excluding hydrogens is 302 g/mol. The number of carbonyl (C=O) groups excluding carboxylic acids is 1. The molecule has 2 rings (SSSR count). The summed E-state index contributed by atoms with van der Waals surface area (Å²) in [7, 11) is 0. The Hall–Kier alpha value is -0.830. The second-order valence-electron chi connectivity index (χ2n) is 5.74. The van der Waals surface area contributed by atoms with Crippen LogP contribution in [0.25, 0.3) is 0 Å². The molecule has 0 radical (unpaired) electrons. The van der Waals surface area contributed by atoms with Gasteiger partial charge in [0.15, 0.2) is 0 Å². The lowest BCUT2D eigenvalue weighted by molar-refractivity contribution is -0.121. The summed E-state index contributed by atoms with van der Waals surface area (Å²) in [5.41, 5.74) is 1.07. The van der Waals surface area contributed by atoms with E-state index in [1.807, 2.05) is 24.3 Å². The van der Waals surface area contributed by atoms with E-state index in [0.29, 0.717) is 24.3 Å². The van der Waals surface area contributed by atoms with E-state index in [2.05, 4.69) is 35.1 Å². The Balaban J connectivity index is 1.88. The second-order valence-corrected chi connectivity index (χ2v) is 6.66. The summed E-state index contributed by atoms with van der Waals surface area (Å²) in [5.74, 6) is 1.45. The van der Waals surface area contributed by atoms with Crippen LogP contribution in [0.15, 0.2) is 28.7 Å². The van der Waals surface area contributed by atoms with Crippen molar-refractivity contribution in [3.8, 4) is 0 Å². The molecule has 1 aliphatic rings. The summed E-state index contributed by atoms with van der Waals surface area (Å²) in [5, 5.41) is 3.21. The van der Waals surface area contributed by atoms with E-state index >= 15 is 0 Å². The molecule has 3 heteroatoms. The third-order valence-corrected chi connectivity index (χ3v) is 4.86. The van der Waals surface area contributed by atoms with Crippen molar-refractivity contribution in [2.45, 2.75) is 45.6 Å². The fourth-order valence-corrected chi connectivity index (χ4v) is 3.10. The first-order valence-corrected chi connectivity index (χ1v) is 7.89. The van der Waals surface area contributed by atoms with Crippen LogP contribution < -0.4 is 5.32 Å². The molecule has 19 heavy (non-hydrogen) atoms. The van der Waals surface area contributed by atoms with Crippen LogP contribution in [0.3, 0.4) is 0 Å². The van der Waals surface area contributed by atoms with E-state index in [4.69, 9.17) is 0 Å². The Kier molecular flexibility index (Phi) is 5.03. The highest BCUT2D eigenvalue weighted by molar-refractivity contribution is 9.10. The Labute approximate surface area is 124 Å². The summed E-state index contributed by atoms with van der Waals surface area (Å²) < 4.78 is 1.05. The van der Waals surface area contributed by atoms with Crippen molar-refractivity contribution >= 4 is 21.8 Å². The summed E-state index contributed by atoms with van der Waals surface area (Å²) in [6, 6.07) is 8.31. The fourth-order valence-electron chi connectivity index (χ4n) is 2.83. The average molecular weight is 324 g/mol. The minimum Gasteiger partial charge on any atom is -0.353 e. The molecule has 1 aromatic carbocycles. The van der Waals surface area contributed by atoms with Gasteiger partial charge in [0, 0.05) is 10.5 Å². The highest BCUT2D eigenvalue weighted by atomic mass is 79.9. The highest BCUT2D eigenvalue weighted by Gasteiger charge is 2.27. The van der Waals surface area contributed by atoms with Crippen LogP contribution in [0.1, 0.15) is 38.7 Å². The van der Waals surface area contributed by atoms with Crippen molar-refractivity contribution in [3.05, 3.63) is 34.3 Å². The van der Waals surface area contributed by atoms with E-state index in [1.165, 1.54) is 12.8 Å². The number of nitrogens with one attached hydrogen (secondary N) is 1. The first-order chi connectivity index (χ1) is 9.06. The molecule has 2 nitrogen and oxygen atoms in total. The molecule has 0 saturated heterocycles. The van der Waals surface area contributed by atoms with Gasteiger partial charge in [-0.15, -0.1) is 0 Å². The smallest absolute Gasteiger partial charge is 0.224 e. The summed E-state index contributed by atoms with van der Waals surface area (Å²) in [6.45, 7) is 4.55. The van der Waals surface area contributed by atoms with Gasteiger partial charge in [0.1, 0.15) is 0 Å². The molecule has 1 fully saturated rings. The largest absolute Gasteiger partial charge is 0.353 e. The maximum atomic E-state index is 12.1. The molecule has 0 spiro atoms. The van der Waals surface area contributed by atoms with Crippen LogP contribution in [-0.4, -0.2) is 11.9 Å². The zero-order valence-electron chi connectivity index (χ0n) is 11.7. The molecule has 1 N–H and O–H groups in total. The van der Waals surface area contributed by atoms with Gasteiger partial charge in [-0.3, -0.25) is 4.79 Å². The zero-order chi connectivity index (χ0) is 13.8. The molecule has 1 saturated carbocycles. The first kappa shape index (κ1) is 14.6. The van der Waals surface area contributed by atoms with Gasteiger partial charge in [0.2, 0.25) is 5.91 Å². The van der Waals surface area contributed by atoms with Gasteiger partial charge in [-0.1, -0.05) is 54.8 Å². The number of hydrogen-bond donors (Lipinski definition) is 1. The number of amides is 1. The number of rotatable bonds is 3. The Morgan fingerprint density at radius 1 is 1.26 bits per heavy atom. The molecule has 1 amide bonds. The van der Waals surface area contributed by atoms with Gasteiger partial charge < -0.3 is 5.32 Å². The first-order valence-electron chi connectivity index (χ1n) is 7.10. The van der Waals surface area contributed by atoms with E-state index in [-0.39, 0.29) is 5.91 Å². The van der Waals surface area contributed by atoms with Crippen LogP contribution in [0, 0.1) is 11.8 Å². The van der Waals surface area contributed by atoms with Crippen molar-refractivity contribution in [3.63, 3.8) is 0 Å². The van der Waals surface area contributed by atoms with Crippen LogP contribution in [0.2, 0.25) is 0 Å². The molecule has 0 heterocycles. The lowest BCUT2D eigenvalue weighted by atomic mass is 9.78. The topological polar surface area (TPSA) is 29.1 Å². The van der Waals surface area contributed by atoms with Gasteiger partial charge in [0.25, 0.3) is 0 Å². The van der Waals surface area contributed by atoms with Gasteiger partial charge >= 0.3 is 0 Å². The minimum absolute atomic E-state index is 0.147. The predicted octanol–water partition coefficient (Wildman–Crippen LogP) is 3.93. The maximum absolute atomic E-state index is 12.1. The molecule has 0 unspecified atom stereocenters. The molecule has 104 valence electrons. The average Bonchev–Trinajstić information content (AvgIpc) is 2.38. The van der Waals surface area contributed by atoms with Crippen LogP contribution in [0.4, 0.5) is 0 Å². The van der Waals surface area contributed by atoms with E-state index in [0.717, 1.165) is 16.5 Å². The number of benzene rings is 1. The summed E-state index contributed by atoms with van der Waals surface area (Å²) >= 11 is 3.41. The van der Waals surface area contributed by atoms with Gasteiger partial charge in [-0.2, -0.15) is 0 Å². The number of hydrogen-bond acceptors (Lipinski definition) is 1. The normalized spacial score (nSPS) is 27.0. The second kappa shape index (κ2) is 6.56. The van der Waals surface area contributed by atoms with E-state index in [1.54, 1.807) is 0 Å². The lowest BCUT2D eigenvalue weighted by Crippen LogP contribution is -2.44. The monoisotopic (exact) mass is 323 g/mol. The van der Waals surface area contributed by atoms with Crippen molar-refractivity contribution in [1.29, 1.82) is 0 Å². The summed E-state index contributed by atoms with van der Waals surface area (Å²) in [6.07, 6.45) is 4.12. The van der Waals surface area contributed by atoms with Crippen molar-refractivity contribution < 1.29 is 4.79 Å². The molecule has 1 aromatic rings.